The maximum atomic E-state index is 12.7. The second-order valence-corrected chi connectivity index (χ2v) is 7.99. The van der Waals surface area contributed by atoms with Gasteiger partial charge in [-0.25, -0.2) is 4.79 Å². The Labute approximate surface area is 192 Å². The van der Waals surface area contributed by atoms with Crippen LogP contribution in [0.4, 0.5) is 4.79 Å². The molecule has 2 aromatic carbocycles. The van der Waals surface area contributed by atoms with Gasteiger partial charge in [0.25, 0.3) is 5.91 Å². The van der Waals surface area contributed by atoms with Crippen molar-refractivity contribution in [2.24, 2.45) is 0 Å². The van der Waals surface area contributed by atoms with Crippen molar-refractivity contribution < 1.29 is 24.3 Å². The number of carboxylic acid groups (broad SMARTS) is 1. The monoisotopic (exact) mass is 449 g/mol. The number of likely N-dealkylation sites (N-methyl/N-ethyl adjacent to an activating group) is 1. The number of amides is 3. The Hall–Kier alpha value is -3.94. The summed E-state index contributed by atoms with van der Waals surface area (Å²) in [5.74, 6) is -2.11. The summed E-state index contributed by atoms with van der Waals surface area (Å²) in [7, 11) is 0. The highest BCUT2D eigenvalue weighted by Crippen LogP contribution is 2.25. The summed E-state index contributed by atoms with van der Waals surface area (Å²) >= 11 is 0. The number of carbonyl (C=O) groups is 4. The van der Waals surface area contributed by atoms with Crippen molar-refractivity contribution in [1.82, 2.24) is 15.5 Å². The van der Waals surface area contributed by atoms with Crippen molar-refractivity contribution in [2.45, 2.75) is 39.3 Å². The van der Waals surface area contributed by atoms with E-state index in [9.17, 15) is 24.3 Å². The van der Waals surface area contributed by atoms with Crippen LogP contribution < -0.4 is 10.6 Å². The molecule has 8 nitrogen and oxygen atoms in total. The topological polar surface area (TPSA) is 116 Å². The molecule has 0 saturated heterocycles. The molecule has 0 aliphatic carbocycles. The molecule has 1 heterocycles. The van der Waals surface area contributed by atoms with E-state index in [1.165, 1.54) is 11.1 Å². The lowest BCUT2D eigenvalue weighted by molar-refractivity contribution is -0.138. The average Bonchev–Trinajstić information content (AvgIpc) is 2.79. The molecule has 0 bridgehead atoms. The van der Waals surface area contributed by atoms with Crippen molar-refractivity contribution in [3.63, 3.8) is 0 Å². The van der Waals surface area contributed by atoms with Crippen LogP contribution in [0.15, 0.2) is 60.3 Å². The van der Waals surface area contributed by atoms with Gasteiger partial charge in [0, 0.05) is 18.3 Å². The van der Waals surface area contributed by atoms with Gasteiger partial charge in [-0.05, 0) is 43.5 Å². The molecular formula is C25H27N3O5. The number of urea groups is 1. The van der Waals surface area contributed by atoms with Gasteiger partial charge < -0.3 is 20.6 Å². The average molecular weight is 450 g/mol. The number of aliphatic carboxylic acids is 1. The second kappa shape index (κ2) is 10.1. The number of Topliss-reactive ketones (excluding diaryl/α,β-unsaturated/α-hetero) is 1. The maximum absolute atomic E-state index is 12.7. The normalized spacial score (nSPS) is 16.8. The third-order valence-electron chi connectivity index (χ3n) is 5.50. The van der Waals surface area contributed by atoms with Crippen LogP contribution in [-0.4, -0.2) is 46.3 Å². The highest BCUT2D eigenvalue weighted by Gasteiger charge is 2.36. The quantitative estimate of drug-likeness (QED) is 0.562. The van der Waals surface area contributed by atoms with Crippen molar-refractivity contribution >= 4 is 23.7 Å². The molecule has 3 N–H and O–H groups in total. The van der Waals surface area contributed by atoms with Crippen LogP contribution in [0.1, 0.15) is 37.4 Å². The Morgan fingerprint density at radius 1 is 1.06 bits per heavy atom. The van der Waals surface area contributed by atoms with Gasteiger partial charge in [0.1, 0.15) is 0 Å². The van der Waals surface area contributed by atoms with Crippen LogP contribution in [-0.2, 0) is 14.4 Å². The summed E-state index contributed by atoms with van der Waals surface area (Å²) in [4.78, 5) is 50.5. The van der Waals surface area contributed by atoms with Crippen molar-refractivity contribution in [1.29, 1.82) is 0 Å². The lowest BCUT2D eigenvalue weighted by Crippen LogP contribution is -2.56. The van der Waals surface area contributed by atoms with Crippen LogP contribution in [0.5, 0.6) is 0 Å². The fourth-order valence-electron chi connectivity index (χ4n) is 3.68. The van der Waals surface area contributed by atoms with Gasteiger partial charge in [-0.1, -0.05) is 48.0 Å². The molecule has 0 radical (unpaired) electrons. The van der Waals surface area contributed by atoms with E-state index in [4.69, 9.17) is 0 Å². The van der Waals surface area contributed by atoms with E-state index < -0.39 is 35.8 Å². The number of carbonyl (C=O) groups excluding carboxylic acids is 3. The SMILES string of the molecule is CCN1C=C(C)C(=O)C(NC(=O)NC(CC(=O)O)c2cccc(-c3ccc(C)cc3)c2)C1=O. The molecule has 0 saturated carbocycles. The van der Waals surface area contributed by atoms with Gasteiger partial charge in [0.05, 0.1) is 12.5 Å². The van der Waals surface area contributed by atoms with Crippen LogP contribution in [0, 0.1) is 6.92 Å². The Morgan fingerprint density at radius 3 is 2.39 bits per heavy atom. The molecule has 2 aromatic rings. The smallest absolute Gasteiger partial charge is 0.316 e. The first kappa shape index (κ1) is 23.7. The van der Waals surface area contributed by atoms with Crippen molar-refractivity contribution in [3.8, 4) is 11.1 Å². The first-order chi connectivity index (χ1) is 15.7. The fraction of sp³-hybridized carbons (Fsp3) is 0.280. The highest BCUT2D eigenvalue weighted by atomic mass is 16.4. The number of aryl methyl sites for hydroxylation is 1. The lowest BCUT2D eigenvalue weighted by Gasteiger charge is -2.29. The molecule has 8 heteroatoms. The predicted molar refractivity (Wildman–Crippen MR) is 123 cm³/mol. The molecule has 172 valence electrons. The summed E-state index contributed by atoms with van der Waals surface area (Å²) in [5.41, 5.74) is 3.91. The lowest BCUT2D eigenvalue weighted by atomic mass is 9.97. The number of hydrogen-bond acceptors (Lipinski definition) is 4. The third kappa shape index (κ3) is 5.65. The number of rotatable bonds is 7. The van der Waals surface area contributed by atoms with Gasteiger partial charge in [-0.2, -0.15) is 0 Å². The Morgan fingerprint density at radius 2 is 1.76 bits per heavy atom. The van der Waals surface area contributed by atoms with E-state index in [2.05, 4.69) is 10.6 Å². The number of carboxylic acids is 1. The summed E-state index contributed by atoms with van der Waals surface area (Å²) < 4.78 is 0. The molecule has 0 aromatic heterocycles. The van der Waals surface area contributed by atoms with Crippen molar-refractivity contribution in [3.05, 3.63) is 71.4 Å². The number of benzene rings is 2. The fourth-order valence-corrected chi connectivity index (χ4v) is 3.68. The minimum Gasteiger partial charge on any atom is -0.481 e. The first-order valence-corrected chi connectivity index (χ1v) is 10.7. The summed E-state index contributed by atoms with van der Waals surface area (Å²) in [6.07, 6.45) is 1.10. The zero-order valence-corrected chi connectivity index (χ0v) is 18.8. The molecule has 33 heavy (non-hydrogen) atoms. The van der Waals surface area contributed by atoms with E-state index >= 15 is 0 Å². The standard InChI is InChI=1S/C25H27N3O5/c1-4-28-14-16(3)23(31)22(24(28)32)27-25(33)26-20(13-21(29)30)19-7-5-6-18(12-19)17-10-8-15(2)9-11-17/h5-12,14,20,22H,4,13H2,1-3H3,(H,29,30)(H2,26,27,33). The Kier molecular flexibility index (Phi) is 7.27. The van der Waals surface area contributed by atoms with E-state index in [1.54, 1.807) is 26.0 Å². The minimum atomic E-state index is -1.35. The molecule has 2 unspecified atom stereocenters. The number of ketones is 1. The van der Waals surface area contributed by atoms with Gasteiger partial charge in [0.15, 0.2) is 11.8 Å². The van der Waals surface area contributed by atoms with E-state index in [1.807, 2.05) is 43.3 Å². The minimum absolute atomic E-state index is 0.356. The zero-order chi connectivity index (χ0) is 24.1. The van der Waals surface area contributed by atoms with Gasteiger partial charge in [-0.3, -0.25) is 14.4 Å². The van der Waals surface area contributed by atoms with Gasteiger partial charge >= 0.3 is 12.0 Å². The molecule has 3 amide bonds. The van der Waals surface area contributed by atoms with Crippen LogP contribution in [0.3, 0.4) is 0 Å². The first-order valence-electron chi connectivity index (χ1n) is 10.7. The summed E-state index contributed by atoms with van der Waals surface area (Å²) in [6, 6.07) is 12.1. The van der Waals surface area contributed by atoms with Crippen LogP contribution in [0.25, 0.3) is 11.1 Å². The molecular weight excluding hydrogens is 422 g/mol. The van der Waals surface area contributed by atoms with E-state index in [-0.39, 0.29) is 6.42 Å². The molecule has 2 atom stereocenters. The molecule has 0 fully saturated rings. The largest absolute Gasteiger partial charge is 0.481 e. The van der Waals surface area contributed by atoms with Crippen molar-refractivity contribution in [2.75, 3.05) is 6.54 Å². The highest BCUT2D eigenvalue weighted by molar-refractivity contribution is 6.16. The predicted octanol–water partition coefficient (Wildman–Crippen LogP) is 3.18. The number of nitrogens with one attached hydrogen (secondary N) is 2. The Bertz CT molecular complexity index is 1110. The number of nitrogens with zero attached hydrogens (tertiary/aromatic N) is 1. The molecule has 1 aliphatic heterocycles. The molecule has 3 rings (SSSR count). The van der Waals surface area contributed by atoms with E-state index in [0.717, 1.165) is 16.7 Å². The van der Waals surface area contributed by atoms with Crippen LogP contribution >= 0.6 is 0 Å². The summed E-state index contributed by atoms with van der Waals surface area (Å²) in [5, 5.41) is 14.4. The molecule has 0 spiro atoms. The van der Waals surface area contributed by atoms with E-state index in [0.29, 0.717) is 17.7 Å². The van der Waals surface area contributed by atoms with Crippen LogP contribution in [0.2, 0.25) is 0 Å². The molecule has 1 aliphatic rings. The van der Waals surface area contributed by atoms with Gasteiger partial charge in [-0.15, -0.1) is 0 Å². The third-order valence-corrected chi connectivity index (χ3v) is 5.50. The zero-order valence-electron chi connectivity index (χ0n) is 18.8. The summed E-state index contributed by atoms with van der Waals surface area (Å²) in [6.45, 7) is 5.69. The van der Waals surface area contributed by atoms with Gasteiger partial charge in [0.2, 0.25) is 0 Å². The maximum Gasteiger partial charge on any atom is 0.316 e. The Balaban J connectivity index is 1.81. The number of hydrogen-bond donors (Lipinski definition) is 3. The second-order valence-electron chi connectivity index (χ2n) is 7.99.